The fraction of sp³-hybridized carbons (Fsp3) is 0.214. The summed E-state index contributed by atoms with van der Waals surface area (Å²) in [5, 5.41) is 16.4. The molecule has 0 aliphatic rings. The summed E-state index contributed by atoms with van der Waals surface area (Å²) in [6.07, 6.45) is 0.560. The van der Waals surface area contributed by atoms with Crippen molar-refractivity contribution in [2.75, 3.05) is 0 Å². The maximum Gasteiger partial charge on any atom is 0.258 e. The van der Waals surface area contributed by atoms with E-state index in [9.17, 15) is 5.11 Å². The van der Waals surface area contributed by atoms with Gasteiger partial charge in [0.25, 0.3) is 5.89 Å². The Morgan fingerprint density at radius 1 is 1.25 bits per heavy atom. The maximum absolute atomic E-state index is 9.41. The highest BCUT2D eigenvalue weighted by Gasteiger charge is 2.12. The Kier molecular flexibility index (Phi) is 3.23. The van der Waals surface area contributed by atoms with Crippen LogP contribution in [0.4, 0.5) is 0 Å². The van der Waals surface area contributed by atoms with E-state index in [2.05, 4.69) is 15.1 Å². The van der Waals surface area contributed by atoms with Gasteiger partial charge < -0.3 is 9.63 Å². The van der Waals surface area contributed by atoms with E-state index in [1.807, 2.05) is 19.2 Å². The Balaban J connectivity index is 1.86. The predicted molar refractivity (Wildman–Crippen MR) is 75.8 cm³/mol. The lowest BCUT2D eigenvalue weighted by Gasteiger charge is -2.00. The first kappa shape index (κ1) is 12.8. The van der Waals surface area contributed by atoms with Crippen LogP contribution in [0.5, 0.6) is 5.75 Å². The summed E-state index contributed by atoms with van der Waals surface area (Å²) in [5.74, 6) is 1.30. The molecule has 0 saturated carbocycles. The molecular formula is C14H13N3O2S. The van der Waals surface area contributed by atoms with Gasteiger partial charge in [-0.05, 0) is 37.6 Å². The molecule has 0 spiro atoms. The van der Waals surface area contributed by atoms with Gasteiger partial charge in [-0.1, -0.05) is 5.16 Å². The summed E-state index contributed by atoms with van der Waals surface area (Å²) in [7, 11) is 0. The average molecular weight is 287 g/mol. The van der Waals surface area contributed by atoms with Gasteiger partial charge in [0.05, 0.1) is 17.1 Å². The van der Waals surface area contributed by atoms with Crippen LogP contribution in [0.15, 0.2) is 28.1 Å². The van der Waals surface area contributed by atoms with Crippen molar-refractivity contribution >= 4 is 11.3 Å². The number of aromatic nitrogens is 3. The molecule has 0 radical (unpaired) electrons. The minimum atomic E-state index is 0.226. The second-order valence-corrected chi connectivity index (χ2v) is 5.61. The Hall–Kier alpha value is -2.21. The Bertz CT molecular complexity index is 748. The molecule has 3 rings (SSSR count). The minimum Gasteiger partial charge on any atom is -0.508 e. The standard InChI is InChI=1S/C14H13N3O2S/c1-8-5-11(18)3-4-12(8)14-16-13(17-19-14)6-10-7-20-9(2)15-10/h3-5,7,18H,6H2,1-2H3. The molecule has 1 N–H and O–H groups in total. The minimum absolute atomic E-state index is 0.226. The molecule has 0 aliphatic carbocycles. The lowest BCUT2D eigenvalue weighted by atomic mass is 10.1. The summed E-state index contributed by atoms with van der Waals surface area (Å²) >= 11 is 1.61. The SMILES string of the molecule is Cc1nc(Cc2noc(-c3ccc(O)cc3C)n2)cs1. The van der Waals surface area contributed by atoms with E-state index in [1.54, 1.807) is 29.5 Å². The van der Waals surface area contributed by atoms with Gasteiger partial charge in [0.2, 0.25) is 0 Å². The molecular weight excluding hydrogens is 274 g/mol. The van der Waals surface area contributed by atoms with Gasteiger partial charge >= 0.3 is 0 Å². The fourth-order valence-corrected chi connectivity index (χ4v) is 2.59. The van der Waals surface area contributed by atoms with Gasteiger partial charge in [0.1, 0.15) is 5.75 Å². The fourth-order valence-electron chi connectivity index (χ4n) is 1.97. The molecule has 102 valence electrons. The molecule has 0 saturated heterocycles. The van der Waals surface area contributed by atoms with Gasteiger partial charge in [-0.15, -0.1) is 11.3 Å². The summed E-state index contributed by atoms with van der Waals surface area (Å²) in [5.41, 5.74) is 2.67. The molecule has 0 amide bonds. The third-order valence-electron chi connectivity index (χ3n) is 2.91. The van der Waals surface area contributed by atoms with Gasteiger partial charge in [-0.25, -0.2) is 4.98 Å². The zero-order valence-electron chi connectivity index (χ0n) is 11.1. The van der Waals surface area contributed by atoms with Crippen molar-refractivity contribution in [3.63, 3.8) is 0 Å². The number of rotatable bonds is 3. The Labute approximate surface area is 119 Å². The number of benzene rings is 1. The van der Waals surface area contributed by atoms with Crippen molar-refractivity contribution in [1.29, 1.82) is 0 Å². The van der Waals surface area contributed by atoms with Crippen LogP contribution in [0.1, 0.15) is 22.1 Å². The molecule has 5 nitrogen and oxygen atoms in total. The van der Waals surface area contributed by atoms with Gasteiger partial charge in [-0.3, -0.25) is 0 Å². The van der Waals surface area contributed by atoms with Crippen molar-refractivity contribution in [2.45, 2.75) is 20.3 Å². The number of aryl methyl sites for hydroxylation is 2. The van der Waals surface area contributed by atoms with E-state index < -0.39 is 0 Å². The number of hydrogen-bond acceptors (Lipinski definition) is 6. The Morgan fingerprint density at radius 3 is 2.80 bits per heavy atom. The second-order valence-electron chi connectivity index (χ2n) is 4.55. The predicted octanol–water partition coefficient (Wildman–Crippen LogP) is 3.11. The van der Waals surface area contributed by atoms with Crippen LogP contribution in [0.2, 0.25) is 0 Å². The number of thiazole rings is 1. The van der Waals surface area contributed by atoms with Crippen molar-refractivity contribution in [3.8, 4) is 17.2 Å². The van der Waals surface area contributed by atoms with Gasteiger partial charge in [0, 0.05) is 10.9 Å². The van der Waals surface area contributed by atoms with Gasteiger partial charge in [0.15, 0.2) is 5.82 Å². The van der Waals surface area contributed by atoms with E-state index in [1.165, 1.54) is 0 Å². The lowest BCUT2D eigenvalue weighted by molar-refractivity contribution is 0.423. The quantitative estimate of drug-likeness (QED) is 0.801. The van der Waals surface area contributed by atoms with Crippen LogP contribution in [0, 0.1) is 13.8 Å². The van der Waals surface area contributed by atoms with Crippen molar-refractivity contribution in [1.82, 2.24) is 15.1 Å². The number of phenols is 1. The number of hydrogen-bond donors (Lipinski definition) is 1. The Morgan fingerprint density at radius 2 is 2.10 bits per heavy atom. The maximum atomic E-state index is 9.41. The summed E-state index contributed by atoms with van der Waals surface area (Å²) in [6, 6.07) is 5.05. The van der Waals surface area contributed by atoms with Crippen LogP contribution in [-0.4, -0.2) is 20.2 Å². The molecule has 20 heavy (non-hydrogen) atoms. The van der Waals surface area contributed by atoms with Crippen molar-refractivity contribution in [2.24, 2.45) is 0 Å². The molecule has 6 heteroatoms. The zero-order valence-corrected chi connectivity index (χ0v) is 11.9. The largest absolute Gasteiger partial charge is 0.508 e. The summed E-state index contributed by atoms with van der Waals surface area (Å²) < 4.78 is 5.28. The van der Waals surface area contributed by atoms with E-state index in [0.29, 0.717) is 18.1 Å². The highest BCUT2D eigenvalue weighted by molar-refractivity contribution is 7.09. The van der Waals surface area contributed by atoms with Crippen LogP contribution in [0.25, 0.3) is 11.5 Å². The van der Waals surface area contributed by atoms with Crippen molar-refractivity contribution in [3.05, 3.63) is 45.7 Å². The van der Waals surface area contributed by atoms with Crippen molar-refractivity contribution < 1.29 is 9.63 Å². The van der Waals surface area contributed by atoms with Crippen LogP contribution >= 0.6 is 11.3 Å². The normalized spacial score (nSPS) is 10.9. The summed E-state index contributed by atoms with van der Waals surface area (Å²) in [4.78, 5) is 8.76. The smallest absolute Gasteiger partial charge is 0.258 e. The first-order valence-electron chi connectivity index (χ1n) is 6.15. The van der Waals surface area contributed by atoms with E-state index in [0.717, 1.165) is 21.8 Å². The number of aromatic hydroxyl groups is 1. The second kappa shape index (κ2) is 5.05. The van der Waals surface area contributed by atoms with Crippen LogP contribution in [-0.2, 0) is 6.42 Å². The number of phenolic OH excluding ortho intramolecular Hbond substituents is 1. The molecule has 0 atom stereocenters. The molecule has 0 fully saturated rings. The summed E-state index contributed by atoms with van der Waals surface area (Å²) in [6.45, 7) is 3.86. The van der Waals surface area contributed by atoms with Crippen LogP contribution < -0.4 is 0 Å². The molecule has 0 unspecified atom stereocenters. The van der Waals surface area contributed by atoms with E-state index in [-0.39, 0.29) is 5.75 Å². The zero-order chi connectivity index (χ0) is 14.1. The first-order chi connectivity index (χ1) is 9.61. The molecule has 1 aromatic carbocycles. The molecule has 0 bridgehead atoms. The highest BCUT2D eigenvalue weighted by atomic mass is 32.1. The lowest BCUT2D eigenvalue weighted by Crippen LogP contribution is -1.91. The molecule has 0 aliphatic heterocycles. The molecule has 2 heterocycles. The molecule has 2 aromatic heterocycles. The monoisotopic (exact) mass is 287 g/mol. The average Bonchev–Trinajstić information content (AvgIpc) is 2.99. The van der Waals surface area contributed by atoms with Gasteiger partial charge in [-0.2, -0.15) is 4.98 Å². The third-order valence-corrected chi connectivity index (χ3v) is 3.74. The molecule has 3 aromatic rings. The first-order valence-corrected chi connectivity index (χ1v) is 7.03. The topological polar surface area (TPSA) is 72.0 Å². The highest BCUT2D eigenvalue weighted by Crippen LogP contribution is 2.25. The van der Waals surface area contributed by atoms with E-state index >= 15 is 0 Å². The number of nitrogens with zero attached hydrogens (tertiary/aromatic N) is 3. The van der Waals surface area contributed by atoms with E-state index in [4.69, 9.17) is 4.52 Å². The third kappa shape index (κ3) is 2.55. The van der Waals surface area contributed by atoms with Crippen LogP contribution in [0.3, 0.4) is 0 Å².